The highest BCUT2D eigenvalue weighted by molar-refractivity contribution is 7.89. The van der Waals surface area contributed by atoms with E-state index in [0.29, 0.717) is 5.69 Å². The van der Waals surface area contributed by atoms with Crippen molar-refractivity contribution in [2.45, 2.75) is 18.0 Å². The molecule has 0 unspecified atom stereocenters. The van der Waals surface area contributed by atoms with Crippen LogP contribution in [0.1, 0.15) is 21.6 Å². The molecule has 0 saturated heterocycles. The maximum Gasteiger partial charge on any atom is 0.253 e. The lowest BCUT2D eigenvalue weighted by molar-refractivity contribution is 0.0950. The van der Waals surface area contributed by atoms with Crippen LogP contribution in [0.4, 0.5) is 0 Å². The minimum Gasteiger partial charge on any atom is -0.346 e. The summed E-state index contributed by atoms with van der Waals surface area (Å²) < 4.78 is 29.2. The molecule has 0 spiro atoms. The topological polar surface area (TPSA) is 83.8 Å². The molecule has 0 fully saturated rings. The molecular weight excluding hydrogens is 448 g/mol. The summed E-state index contributed by atoms with van der Waals surface area (Å²) >= 11 is 6.21. The van der Waals surface area contributed by atoms with Crippen molar-refractivity contribution < 1.29 is 13.2 Å². The second-order valence-corrected chi connectivity index (χ2v) is 9.72. The fourth-order valence-electron chi connectivity index (χ4n) is 3.28. The Morgan fingerprint density at radius 1 is 1.09 bits per heavy atom. The fourth-order valence-corrected chi connectivity index (χ4v) is 4.67. The Labute approximate surface area is 191 Å². The lowest BCUT2D eigenvalue weighted by atomic mass is 10.2. The van der Waals surface area contributed by atoms with E-state index in [0.717, 1.165) is 11.2 Å². The molecule has 0 aliphatic heterocycles. The van der Waals surface area contributed by atoms with E-state index in [-0.39, 0.29) is 28.6 Å². The summed E-state index contributed by atoms with van der Waals surface area (Å²) in [5.41, 5.74) is 2.39. The van der Waals surface area contributed by atoms with E-state index in [9.17, 15) is 13.2 Å². The molecule has 164 valence electrons. The second kappa shape index (κ2) is 9.12. The second-order valence-electron chi connectivity index (χ2n) is 7.27. The molecule has 7 nitrogen and oxygen atoms in total. The molecule has 0 radical (unpaired) electrons. The van der Waals surface area contributed by atoms with Crippen LogP contribution in [0, 0.1) is 0 Å². The van der Waals surface area contributed by atoms with E-state index in [1.807, 2.05) is 65.3 Å². The number of benzene rings is 2. The molecule has 1 amide bonds. The van der Waals surface area contributed by atoms with Crippen LogP contribution in [-0.2, 0) is 23.1 Å². The van der Waals surface area contributed by atoms with Gasteiger partial charge in [0.2, 0.25) is 10.0 Å². The van der Waals surface area contributed by atoms with Gasteiger partial charge >= 0.3 is 0 Å². The van der Waals surface area contributed by atoms with Gasteiger partial charge in [-0.1, -0.05) is 48.0 Å². The van der Waals surface area contributed by atoms with Crippen molar-refractivity contribution in [1.82, 2.24) is 19.0 Å². The first-order valence-electron chi connectivity index (χ1n) is 9.85. The Balaban J connectivity index is 1.51. The van der Waals surface area contributed by atoms with Crippen molar-refractivity contribution in [2.75, 3.05) is 7.05 Å². The number of sulfonamides is 1. The van der Waals surface area contributed by atoms with Crippen molar-refractivity contribution in [3.05, 3.63) is 101 Å². The zero-order valence-corrected chi connectivity index (χ0v) is 18.8. The summed E-state index contributed by atoms with van der Waals surface area (Å²) in [6.45, 7) is 0.392. The smallest absolute Gasteiger partial charge is 0.253 e. The van der Waals surface area contributed by atoms with Crippen LogP contribution < -0.4 is 5.32 Å². The van der Waals surface area contributed by atoms with Crippen molar-refractivity contribution in [3.8, 4) is 0 Å². The van der Waals surface area contributed by atoms with Gasteiger partial charge in [-0.25, -0.2) is 13.4 Å². The van der Waals surface area contributed by atoms with Gasteiger partial charge in [-0.05, 0) is 35.9 Å². The van der Waals surface area contributed by atoms with Gasteiger partial charge in [0.15, 0.2) is 0 Å². The highest BCUT2D eigenvalue weighted by Crippen LogP contribution is 2.23. The number of rotatable bonds is 7. The Morgan fingerprint density at radius 3 is 2.59 bits per heavy atom. The third kappa shape index (κ3) is 4.67. The van der Waals surface area contributed by atoms with Gasteiger partial charge in [-0.2, -0.15) is 4.31 Å². The maximum atomic E-state index is 13.0. The number of fused-ring (bicyclic) bond motifs is 1. The van der Waals surface area contributed by atoms with E-state index in [1.165, 1.54) is 29.6 Å². The molecule has 0 atom stereocenters. The summed E-state index contributed by atoms with van der Waals surface area (Å²) in [6, 6.07) is 19.0. The number of halogens is 1. The van der Waals surface area contributed by atoms with Crippen LogP contribution in [0.15, 0.2) is 84.0 Å². The average molecular weight is 469 g/mol. The minimum atomic E-state index is -3.82. The molecule has 32 heavy (non-hydrogen) atoms. The number of carbonyl (C=O) groups excluding carboxylic acids is 1. The van der Waals surface area contributed by atoms with Crippen LogP contribution in [0.5, 0.6) is 0 Å². The molecular formula is C23H21ClN4O3S. The Kier molecular flexibility index (Phi) is 6.27. The zero-order valence-electron chi connectivity index (χ0n) is 17.3. The van der Waals surface area contributed by atoms with Gasteiger partial charge in [0, 0.05) is 26.0 Å². The third-order valence-corrected chi connectivity index (χ3v) is 7.11. The predicted molar refractivity (Wildman–Crippen MR) is 123 cm³/mol. The largest absolute Gasteiger partial charge is 0.346 e. The minimum absolute atomic E-state index is 0.00166. The number of amides is 1. The van der Waals surface area contributed by atoms with Crippen LogP contribution in [0.2, 0.25) is 5.02 Å². The quantitative estimate of drug-likeness (QED) is 0.448. The molecule has 1 N–H and O–H groups in total. The van der Waals surface area contributed by atoms with Crippen molar-refractivity contribution in [1.29, 1.82) is 0 Å². The van der Waals surface area contributed by atoms with Gasteiger partial charge < -0.3 is 9.72 Å². The van der Waals surface area contributed by atoms with Gasteiger partial charge in [-0.15, -0.1) is 0 Å². The molecule has 0 bridgehead atoms. The van der Waals surface area contributed by atoms with Gasteiger partial charge in [-0.3, -0.25) is 4.79 Å². The van der Waals surface area contributed by atoms with E-state index in [4.69, 9.17) is 11.6 Å². The first kappa shape index (κ1) is 22.0. The van der Waals surface area contributed by atoms with Crippen LogP contribution >= 0.6 is 11.6 Å². The molecule has 0 aliphatic rings. The van der Waals surface area contributed by atoms with E-state index in [1.54, 1.807) is 0 Å². The molecule has 0 aliphatic carbocycles. The van der Waals surface area contributed by atoms with Crippen LogP contribution in [0.25, 0.3) is 5.65 Å². The fraction of sp³-hybridized carbons (Fsp3) is 0.130. The van der Waals surface area contributed by atoms with E-state index < -0.39 is 15.9 Å². The lowest BCUT2D eigenvalue weighted by Gasteiger charge is -2.18. The first-order valence-corrected chi connectivity index (χ1v) is 11.7. The Hall–Kier alpha value is -3.20. The molecule has 4 rings (SSSR count). The summed E-state index contributed by atoms with van der Waals surface area (Å²) in [7, 11) is -2.32. The third-order valence-electron chi connectivity index (χ3n) is 4.98. The Morgan fingerprint density at radius 2 is 1.84 bits per heavy atom. The summed E-state index contributed by atoms with van der Waals surface area (Å²) in [5.74, 6) is -0.477. The monoisotopic (exact) mass is 468 g/mol. The first-order chi connectivity index (χ1) is 15.3. The summed E-state index contributed by atoms with van der Waals surface area (Å²) in [5, 5.41) is 2.93. The number of carbonyl (C=O) groups is 1. The van der Waals surface area contributed by atoms with Crippen molar-refractivity contribution in [2.24, 2.45) is 0 Å². The normalized spacial score (nSPS) is 11.7. The van der Waals surface area contributed by atoms with Crippen LogP contribution in [0.3, 0.4) is 0 Å². The van der Waals surface area contributed by atoms with Gasteiger partial charge in [0.05, 0.1) is 27.7 Å². The lowest BCUT2D eigenvalue weighted by Crippen LogP contribution is -2.27. The zero-order chi connectivity index (χ0) is 22.7. The molecule has 9 heteroatoms. The number of imidazole rings is 1. The SMILES string of the molecule is CN(Cc1ccccc1)S(=O)(=O)c1ccc(Cl)c(C(=O)NCc2cn3ccccc3n2)c1. The predicted octanol–water partition coefficient (Wildman–Crippen LogP) is 3.74. The number of hydrogen-bond acceptors (Lipinski definition) is 4. The number of hydrogen-bond donors (Lipinski definition) is 1. The number of aromatic nitrogens is 2. The van der Waals surface area contributed by atoms with Crippen LogP contribution in [-0.4, -0.2) is 35.1 Å². The highest BCUT2D eigenvalue weighted by atomic mass is 35.5. The maximum absolute atomic E-state index is 13.0. The molecule has 2 aromatic heterocycles. The molecule has 2 aromatic carbocycles. The number of nitrogens with zero attached hydrogens (tertiary/aromatic N) is 3. The summed E-state index contributed by atoms with van der Waals surface area (Å²) in [4.78, 5) is 17.2. The van der Waals surface area contributed by atoms with Crippen molar-refractivity contribution in [3.63, 3.8) is 0 Å². The van der Waals surface area contributed by atoms with Gasteiger partial charge in [0.1, 0.15) is 5.65 Å². The van der Waals surface area contributed by atoms with Crippen molar-refractivity contribution >= 4 is 33.2 Å². The highest BCUT2D eigenvalue weighted by Gasteiger charge is 2.23. The number of nitrogens with one attached hydrogen (secondary N) is 1. The molecule has 2 heterocycles. The molecule has 0 saturated carbocycles. The van der Waals surface area contributed by atoms with Gasteiger partial charge in [0.25, 0.3) is 5.91 Å². The van der Waals surface area contributed by atoms with E-state index in [2.05, 4.69) is 10.3 Å². The van der Waals surface area contributed by atoms with E-state index >= 15 is 0 Å². The Bertz CT molecular complexity index is 1340. The number of pyridine rings is 1. The molecule has 4 aromatic rings. The average Bonchev–Trinajstić information content (AvgIpc) is 3.21. The standard InChI is InChI=1S/C23H21ClN4O3S/c1-27(15-17-7-3-2-4-8-17)32(30,31)19-10-11-21(24)20(13-19)23(29)25-14-18-16-28-12-6-5-9-22(28)26-18/h2-13,16H,14-15H2,1H3,(H,25,29). The summed E-state index contributed by atoms with van der Waals surface area (Å²) in [6.07, 6.45) is 3.68.